The Morgan fingerprint density at radius 1 is 0.833 bits per heavy atom. The van der Waals surface area contributed by atoms with E-state index in [1.54, 1.807) is 0 Å². The first-order chi connectivity index (χ1) is 37.6. The quantitative estimate of drug-likeness (QED) is 0.0784. The second-order valence-electron chi connectivity index (χ2n) is 22.8. The molecule has 1 aliphatic carbocycles. The van der Waals surface area contributed by atoms with Gasteiger partial charge in [0.15, 0.2) is 10.8 Å². The van der Waals surface area contributed by atoms with E-state index in [1.807, 2.05) is 99.2 Å². The van der Waals surface area contributed by atoms with E-state index in [0.29, 0.717) is 66.4 Å². The largest absolute Gasteiger partial charge is 0.490 e. The predicted octanol–water partition coefficient (Wildman–Crippen LogP) is 11.2. The number of pyridine rings is 1. The number of amides is 3. The smallest absolute Gasteiger partial charge is 0.358 e. The second kappa shape index (κ2) is 22.3. The van der Waals surface area contributed by atoms with Crippen molar-refractivity contribution in [3.8, 4) is 16.9 Å². The maximum atomic E-state index is 14.2. The number of fused-ring (bicyclic) bond motifs is 3. The summed E-state index contributed by atoms with van der Waals surface area (Å²) >= 11 is 1.45. The highest BCUT2D eigenvalue weighted by molar-refractivity contribution is 7.22. The number of imide groups is 1. The molecule has 15 nitrogen and oxygen atoms in total. The SMILES string of the molecule is Cc1c(O[C@H]2CC[C@H](CCC[C@@H](C)N3CCN(c4cccc5c(C6CCC(=O)NC6=O)nn(C)c45)CC3)CC2)cccc1-c1ccc(N2CCc3cccc(C(=O)Nc4nc5ccccc5s4)c3C2)nc1C(=O)OC(C)(C)C. The molecule has 6 heterocycles. The van der Waals surface area contributed by atoms with Crippen molar-refractivity contribution in [2.45, 2.75) is 129 Å². The Morgan fingerprint density at radius 2 is 1.62 bits per heavy atom. The summed E-state index contributed by atoms with van der Waals surface area (Å²) in [4.78, 5) is 69.5. The van der Waals surface area contributed by atoms with Gasteiger partial charge in [-0.15, -0.1) is 0 Å². The lowest BCUT2D eigenvalue weighted by atomic mass is 9.84. The molecule has 406 valence electrons. The van der Waals surface area contributed by atoms with Gasteiger partial charge in [-0.25, -0.2) is 14.8 Å². The van der Waals surface area contributed by atoms with Crippen LogP contribution in [-0.4, -0.2) is 98.8 Å². The number of aryl methyl sites for hydroxylation is 1. The number of carbonyl (C=O) groups excluding carboxylic acids is 4. The van der Waals surface area contributed by atoms with Gasteiger partial charge in [-0.1, -0.05) is 72.7 Å². The molecule has 3 fully saturated rings. The van der Waals surface area contributed by atoms with Crippen LogP contribution in [0.5, 0.6) is 5.75 Å². The van der Waals surface area contributed by atoms with Crippen molar-refractivity contribution in [1.82, 2.24) is 30.0 Å². The van der Waals surface area contributed by atoms with Crippen LogP contribution in [0.3, 0.4) is 0 Å². The molecule has 3 amide bonds. The van der Waals surface area contributed by atoms with Crippen molar-refractivity contribution in [3.05, 3.63) is 125 Å². The zero-order valence-electron chi connectivity index (χ0n) is 45.8. The van der Waals surface area contributed by atoms with Gasteiger partial charge in [0, 0.05) is 75.3 Å². The fourth-order valence-electron chi connectivity index (χ4n) is 12.3. The van der Waals surface area contributed by atoms with Crippen LogP contribution < -0.4 is 25.2 Å². The van der Waals surface area contributed by atoms with Crippen LogP contribution in [0.1, 0.15) is 135 Å². The fraction of sp³-hybridized carbons (Fsp3) is 0.435. The van der Waals surface area contributed by atoms with Crippen molar-refractivity contribution >= 4 is 72.8 Å². The average molecular weight is 1070 g/mol. The van der Waals surface area contributed by atoms with Crippen molar-refractivity contribution in [2.24, 2.45) is 13.0 Å². The number of anilines is 3. The molecule has 0 spiro atoms. The lowest BCUT2D eigenvalue weighted by molar-refractivity contribution is -0.134. The standard InChI is InChI=1S/C62H71N9O6S/c1-38(69-33-35-70(36-34-69)50-20-11-18-46-55(67-68(6)57(46)50)47-28-30-54(72)65-59(47)74)13-9-14-40-23-25-42(26-24-40)76-51-21-12-16-43(39(51)2)44-27-29-53(64-56(44)60(75)77-62(3,4)5)71-32-31-41-15-10-17-45(48(41)37-71)58(73)66-61-63-49-19-7-8-22-52(49)78-61/h7-8,10-12,15-22,27,29,38,40,42,47H,9,13-14,23-26,28,30-37H2,1-6H3,(H,63,66,73)(H,65,72,74)/t38-,40-,42-,47?/m1/s1. The molecule has 4 aromatic carbocycles. The lowest BCUT2D eigenvalue weighted by Gasteiger charge is -2.39. The highest BCUT2D eigenvalue weighted by atomic mass is 32.1. The van der Waals surface area contributed by atoms with Gasteiger partial charge in [0.05, 0.1) is 39.1 Å². The summed E-state index contributed by atoms with van der Waals surface area (Å²) in [6, 6.07) is 30.5. The Hall–Kier alpha value is -7.17. The van der Waals surface area contributed by atoms with E-state index >= 15 is 0 Å². The third-order valence-electron chi connectivity index (χ3n) is 16.4. The van der Waals surface area contributed by atoms with E-state index in [0.717, 1.165) is 112 Å². The molecular formula is C62H71N9O6S. The first kappa shape index (κ1) is 52.9. The molecule has 1 saturated carbocycles. The first-order valence-electron chi connectivity index (χ1n) is 28.0. The van der Waals surface area contributed by atoms with E-state index in [2.05, 4.69) is 68.4 Å². The number of hydrogen-bond donors (Lipinski definition) is 2. The van der Waals surface area contributed by atoms with Crippen LogP contribution in [0.25, 0.3) is 32.2 Å². The number of aromatic nitrogens is 4. The van der Waals surface area contributed by atoms with Gasteiger partial charge in [-0.2, -0.15) is 5.10 Å². The lowest BCUT2D eigenvalue weighted by Crippen LogP contribution is -2.49. The van der Waals surface area contributed by atoms with Crippen molar-refractivity contribution in [2.75, 3.05) is 47.8 Å². The predicted molar refractivity (Wildman–Crippen MR) is 308 cm³/mol. The summed E-state index contributed by atoms with van der Waals surface area (Å²) in [7, 11) is 1.95. The zero-order valence-corrected chi connectivity index (χ0v) is 46.6. The summed E-state index contributed by atoms with van der Waals surface area (Å²) in [5.74, 6) is 0.567. The maximum absolute atomic E-state index is 14.2. The number of para-hydroxylation sites is 2. The molecule has 1 unspecified atom stereocenters. The van der Waals surface area contributed by atoms with E-state index in [4.69, 9.17) is 19.6 Å². The topological polar surface area (TPSA) is 164 Å². The van der Waals surface area contributed by atoms with Gasteiger partial charge in [0.25, 0.3) is 5.91 Å². The number of piperidine rings is 1. The summed E-state index contributed by atoms with van der Waals surface area (Å²) in [6.45, 7) is 15.0. The number of benzene rings is 4. The molecule has 0 radical (unpaired) electrons. The van der Waals surface area contributed by atoms with Crippen molar-refractivity contribution in [3.63, 3.8) is 0 Å². The monoisotopic (exact) mass is 1070 g/mol. The molecular weight excluding hydrogens is 999 g/mol. The van der Waals surface area contributed by atoms with Crippen LogP contribution in [0.15, 0.2) is 91.0 Å². The van der Waals surface area contributed by atoms with Gasteiger partial charge in [0.2, 0.25) is 11.8 Å². The second-order valence-corrected chi connectivity index (χ2v) is 23.8. The number of thiazole rings is 1. The van der Waals surface area contributed by atoms with Crippen LogP contribution in [0.2, 0.25) is 0 Å². The third kappa shape index (κ3) is 11.2. The zero-order chi connectivity index (χ0) is 54.2. The highest BCUT2D eigenvalue weighted by Crippen LogP contribution is 2.39. The first-order valence-corrected chi connectivity index (χ1v) is 28.8. The third-order valence-corrected chi connectivity index (χ3v) is 17.4. The molecule has 2 N–H and O–H groups in total. The van der Waals surface area contributed by atoms with E-state index < -0.39 is 17.5 Å². The molecule has 3 aliphatic heterocycles. The molecule has 2 saturated heterocycles. The van der Waals surface area contributed by atoms with Crippen molar-refractivity contribution in [1.29, 1.82) is 0 Å². The van der Waals surface area contributed by atoms with Crippen LogP contribution in [0.4, 0.5) is 16.6 Å². The highest BCUT2D eigenvalue weighted by Gasteiger charge is 2.34. The summed E-state index contributed by atoms with van der Waals surface area (Å²) in [5.41, 5.74) is 8.47. The Labute approximate surface area is 460 Å². The van der Waals surface area contributed by atoms with Gasteiger partial charge >= 0.3 is 5.97 Å². The Bertz CT molecular complexity index is 3370. The Balaban J connectivity index is 0.691. The molecule has 4 aliphatic rings. The molecule has 16 heteroatoms. The number of nitrogens with one attached hydrogen (secondary N) is 2. The molecule has 11 rings (SSSR count). The van der Waals surface area contributed by atoms with E-state index in [-0.39, 0.29) is 29.5 Å². The Morgan fingerprint density at radius 3 is 2.40 bits per heavy atom. The molecule has 78 heavy (non-hydrogen) atoms. The number of rotatable bonds is 14. The molecule has 2 atom stereocenters. The number of carbonyl (C=O) groups is 4. The molecule has 3 aromatic heterocycles. The molecule has 0 bridgehead atoms. The van der Waals surface area contributed by atoms with E-state index in [9.17, 15) is 19.2 Å². The van der Waals surface area contributed by atoms with Gasteiger partial charge in [-0.05, 0) is 150 Å². The Kier molecular flexibility index (Phi) is 15.1. The maximum Gasteiger partial charge on any atom is 0.358 e. The van der Waals surface area contributed by atoms with Gasteiger partial charge < -0.3 is 19.3 Å². The number of ether oxygens (including phenoxy) is 2. The van der Waals surface area contributed by atoms with Crippen LogP contribution in [0, 0.1) is 12.8 Å². The fourth-order valence-corrected chi connectivity index (χ4v) is 13.1. The molecule has 7 aromatic rings. The summed E-state index contributed by atoms with van der Waals surface area (Å²) in [6.07, 6.45) is 9.57. The number of hydrogen-bond acceptors (Lipinski definition) is 13. The van der Waals surface area contributed by atoms with Gasteiger partial charge in [0.1, 0.15) is 17.2 Å². The van der Waals surface area contributed by atoms with Gasteiger partial charge in [-0.3, -0.25) is 34.6 Å². The summed E-state index contributed by atoms with van der Waals surface area (Å²) in [5, 5.41) is 11.9. The average Bonchev–Trinajstić information content (AvgIpc) is 4.11. The minimum absolute atomic E-state index is 0.118. The number of esters is 1. The van der Waals surface area contributed by atoms with Crippen LogP contribution >= 0.6 is 11.3 Å². The number of nitrogens with zero attached hydrogens (tertiary/aromatic N) is 7. The summed E-state index contributed by atoms with van der Waals surface area (Å²) < 4.78 is 15.7. The van der Waals surface area contributed by atoms with Crippen molar-refractivity contribution < 1.29 is 28.7 Å². The minimum atomic E-state index is -0.733. The normalized spacial score (nSPS) is 19.6. The number of piperazine rings is 1. The minimum Gasteiger partial charge on any atom is -0.490 e. The van der Waals surface area contributed by atoms with E-state index in [1.165, 1.54) is 30.6 Å². The van der Waals surface area contributed by atoms with Crippen LogP contribution in [-0.2, 0) is 34.3 Å².